The lowest BCUT2D eigenvalue weighted by molar-refractivity contribution is 0.0641. The minimum absolute atomic E-state index is 0.0861. The second-order valence-electron chi connectivity index (χ2n) is 5.62. The number of thiophene rings is 1. The second-order valence-corrected chi connectivity index (χ2v) is 7.07. The number of nitrogens with zero attached hydrogens (tertiary/aromatic N) is 3. The monoisotopic (exact) mass is 311 g/mol. The van der Waals surface area contributed by atoms with Crippen molar-refractivity contribution in [3.63, 3.8) is 0 Å². The van der Waals surface area contributed by atoms with E-state index in [1.165, 1.54) is 4.88 Å². The average molecular weight is 312 g/mol. The molecule has 0 bridgehead atoms. The molecule has 1 fully saturated rings. The van der Waals surface area contributed by atoms with Gasteiger partial charge in [0, 0.05) is 11.4 Å². The minimum Gasteiger partial charge on any atom is -0.377 e. The Morgan fingerprint density at radius 2 is 2.25 bits per heavy atom. The van der Waals surface area contributed by atoms with Crippen molar-refractivity contribution in [2.75, 3.05) is 24.7 Å². The van der Waals surface area contributed by atoms with Crippen LogP contribution in [0.4, 0.5) is 5.82 Å². The third-order valence-electron chi connectivity index (χ3n) is 3.65. The Labute approximate surface area is 127 Å². The molecule has 0 unspecified atom stereocenters. The Bertz CT molecular complexity index is 641. The third-order valence-corrected chi connectivity index (χ3v) is 4.99. The van der Waals surface area contributed by atoms with Crippen molar-refractivity contribution in [3.8, 4) is 0 Å². The molecule has 0 aliphatic carbocycles. The molecular weight excluding hydrogens is 294 g/mol. The zero-order chi connectivity index (χ0) is 14.3. The first-order valence-corrected chi connectivity index (χ1v) is 8.02. The average Bonchev–Trinajstić information content (AvgIpc) is 2.80. The normalized spacial score (nSPS) is 18.7. The standard InChI is InChI=1S/C14H18ClN3OS/c1-4-9-7-10-11(16-13(15)17-12(10)20-9)18-5-6-19-8-14(18,2)3/h7H,4-6,8H2,1-3H3. The van der Waals surface area contributed by atoms with E-state index in [-0.39, 0.29) is 5.54 Å². The van der Waals surface area contributed by atoms with Gasteiger partial charge in [-0.15, -0.1) is 11.3 Å². The van der Waals surface area contributed by atoms with E-state index in [0.717, 1.165) is 35.6 Å². The SMILES string of the molecule is CCc1cc2c(N3CCOCC3(C)C)nc(Cl)nc2s1. The van der Waals surface area contributed by atoms with Gasteiger partial charge in [0.05, 0.1) is 24.1 Å². The molecule has 3 heterocycles. The van der Waals surface area contributed by atoms with Crippen LogP contribution >= 0.6 is 22.9 Å². The molecule has 1 aliphatic heterocycles. The Kier molecular flexibility index (Phi) is 3.60. The van der Waals surface area contributed by atoms with Crippen molar-refractivity contribution in [1.82, 2.24) is 9.97 Å². The van der Waals surface area contributed by atoms with Crippen LogP contribution in [0.15, 0.2) is 6.07 Å². The Morgan fingerprint density at radius 1 is 1.45 bits per heavy atom. The largest absolute Gasteiger partial charge is 0.377 e. The van der Waals surface area contributed by atoms with Crippen molar-refractivity contribution in [1.29, 1.82) is 0 Å². The van der Waals surface area contributed by atoms with Gasteiger partial charge in [-0.2, -0.15) is 4.98 Å². The van der Waals surface area contributed by atoms with Crippen LogP contribution < -0.4 is 4.90 Å². The van der Waals surface area contributed by atoms with E-state index in [1.807, 2.05) is 0 Å². The number of fused-ring (bicyclic) bond motifs is 1. The van der Waals surface area contributed by atoms with E-state index in [9.17, 15) is 0 Å². The fraction of sp³-hybridized carbons (Fsp3) is 0.571. The van der Waals surface area contributed by atoms with Gasteiger partial charge < -0.3 is 9.64 Å². The van der Waals surface area contributed by atoms with E-state index in [0.29, 0.717) is 11.9 Å². The zero-order valence-corrected chi connectivity index (χ0v) is 13.5. The van der Waals surface area contributed by atoms with Gasteiger partial charge in [-0.05, 0) is 37.9 Å². The topological polar surface area (TPSA) is 38.2 Å². The van der Waals surface area contributed by atoms with Crippen molar-refractivity contribution in [3.05, 3.63) is 16.2 Å². The van der Waals surface area contributed by atoms with Crippen LogP contribution in [0.3, 0.4) is 0 Å². The van der Waals surface area contributed by atoms with Crippen LogP contribution in [0.2, 0.25) is 5.28 Å². The second kappa shape index (κ2) is 5.13. The highest BCUT2D eigenvalue weighted by Gasteiger charge is 2.33. The number of anilines is 1. The summed E-state index contributed by atoms with van der Waals surface area (Å²) < 4.78 is 5.59. The molecule has 0 N–H and O–H groups in total. The van der Waals surface area contributed by atoms with Crippen molar-refractivity contribution in [2.45, 2.75) is 32.7 Å². The predicted molar refractivity (Wildman–Crippen MR) is 84.0 cm³/mol. The number of hydrogen-bond acceptors (Lipinski definition) is 5. The van der Waals surface area contributed by atoms with Crippen LogP contribution in [0.25, 0.3) is 10.2 Å². The van der Waals surface area contributed by atoms with Gasteiger partial charge in [-0.1, -0.05) is 6.92 Å². The lowest BCUT2D eigenvalue weighted by Gasteiger charge is -2.43. The molecule has 0 spiro atoms. The van der Waals surface area contributed by atoms with E-state index in [1.54, 1.807) is 11.3 Å². The third kappa shape index (κ3) is 2.38. The van der Waals surface area contributed by atoms with E-state index < -0.39 is 0 Å². The fourth-order valence-corrected chi connectivity index (χ4v) is 3.74. The van der Waals surface area contributed by atoms with E-state index in [2.05, 4.69) is 41.7 Å². The Balaban J connectivity index is 2.16. The highest BCUT2D eigenvalue weighted by atomic mass is 35.5. The lowest BCUT2D eigenvalue weighted by Crippen LogP contribution is -2.53. The molecule has 0 aromatic carbocycles. The van der Waals surface area contributed by atoms with E-state index >= 15 is 0 Å². The van der Waals surface area contributed by atoms with Gasteiger partial charge in [-0.25, -0.2) is 4.98 Å². The highest BCUT2D eigenvalue weighted by Crippen LogP contribution is 2.35. The molecule has 2 aromatic rings. The van der Waals surface area contributed by atoms with Gasteiger partial charge in [0.15, 0.2) is 0 Å². The molecular formula is C14H18ClN3OS. The summed E-state index contributed by atoms with van der Waals surface area (Å²) in [5.41, 5.74) is -0.0861. The Morgan fingerprint density at radius 3 is 2.95 bits per heavy atom. The number of morpholine rings is 1. The molecule has 108 valence electrons. The van der Waals surface area contributed by atoms with Crippen molar-refractivity contribution < 1.29 is 4.74 Å². The quantitative estimate of drug-likeness (QED) is 0.795. The summed E-state index contributed by atoms with van der Waals surface area (Å²) >= 11 is 7.81. The first-order valence-electron chi connectivity index (χ1n) is 6.82. The summed E-state index contributed by atoms with van der Waals surface area (Å²) in [4.78, 5) is 13.4. The summed E-state index contributed by atoms with van der Waals surface area (Å²) in [6.45, 7) is 8.73. The first kappa shape index (κ1) is 14.0. The number of halogens is 1. The van der Waals surface area contributed by atoms with Gasteiger partial charge in [0.1, 0.15) is 10.6 Å². The lowest BCUT2D eigenvalue weighted by atomic mass is 10.0. The molecule has 2 aromatic heterocycles. The molecule has 1 saturated heterocycles. The van der Waals surface area contributed by atoms with Gasteiger partial charge in [0.2, 0.25) is 5.28 Å². The maximum Gasteiger partial charge on any atom is 0.225 e. The Hall–Kier alpha value is -0.910. The zero-order valence-electron chi connectivity index (χ0n) is 11.9. The molecule has 0 radical (unpaired) electrons. The molecule has 6 heteroatoms. The van der Waals surface area contributed by atoms with Gasteiger partial charge in [-0.3, -0.25) is 0 Å². The predicted octanol–water partition coefficient (Wildman–Crippen LogP) is 3.52. The van der Waals surface area contributed by atoms with E-state index in [4.69, 9.17) is 16.3 Å². The molecule has 0 amide bonds. The number of aromatic nitrogens is 2. The van der Waals surface area contributed by atoms with Crippen molar-refractivity contribution >= 4 is 39.0 Å². The van der Waals surface area contributed by atoms with Crippen LogP contribution in [0, 0.1) is 0 Å². The molecule has 0 atom stereocenters. The number of hydrogen-bond donors (Lipinski definition) is 0. The minimum atomic E-state index is -0.0861. The number of ether oxygens (including phenoxy) is 1. The number of aryl methyl sites for hydroxylation is 1. The smallest absolute Gasteiger partial charge is 0.225 e. The summed E-state index contributed by atoms with van der Waals surface area (Å²) in [6, 6.07) is 2.19. The van der Waals surface area contributed by atoms with Crippen molar-refractivity contribution in [2.24, 2.45) is 0 Å². The summed E-state index contributed by atoms with van der Waals surface area (Å²) in [5.74, 6) is 0.934. The van der Waals surface area contributed by atoms with Crippen LogP contribution in [0.5, 0.6) is 0 Å². The van der Waals surface area contributed by atoms with Crippen LogP contribution in [0.1, 0.15) is 25.6 Å². The molecule has 0 saturated carbocycles. The summed E-state index contributed by atoms with van der Waals surface area (Å²) in [7, 11) is 0. The molecule has 20 heavy (non-hydrogen) atoms. The molecule has 1 aliphatic rings. The maximum atomic E-state index is 6.12. The first-order chi connectivity index (χ1) is 9.51. The van der Waals surface area contributed by atoms with Gasteiger partial charge in [0.25, 0.3) is 0 Å². The molecule has 3 rings (SSSR count). The van der Waals surface area contributed by atoms with Crippen LogP contribution in [-0.4, -0.2) is 35.3 Å². The van der Waals surface area contributed by atoms with Crippen LogP contribution in [-0.2, 0) is 11.2 Å². The maximum absolute atomic E-state index is 6.12. The molecule has 4 nitrogen and oxygen atoms in total. The summed E-state index contributed by atoms with van der Waals surface area (Å²) in [6.07, 6.45) is 1.00. The summed E-state index contributed by atoms with van der Waals surface area (Å²) in [5, 5.41) is 1.42. The fourth-order valence-electron chi connectivity index (χ4n) is 2.56. The van der Waals surface area contributed by atoms with Gasteiger partial charge >= 0.3 is 0 Å². The number of rotatable bonds is 2. The highest BCUT2D eigenvalue weighted by molar-refractivity contribution is 7.18.